The lowest BCUT2D eigenvalue weighted by Gasteiger charge is -2.15. The van der Waals surface area contributed by atoms with Crippen molar-refractivity contribution in [1.82, 2.24) is 0 Å². The van der Waals surface area contributed by atoms with Crippen molar-refractivity contribution in [3.05, 3.63) is 71.8 Å². The van der Waals surface area contributed by atoms with Crippen LogP contribution < -0.4 is 11.5 Å². The number of carbonyl (C=O) groups excluding carboxylic acids is 2. The third-order valence-electron chi connectivity index (χ3n) is 4.11. The molecule has 0 aliphatic carbocycles. The summed E-state index contributed by atoms with van der Waals surface area (Å²) in [7, 11) is 0. The molecule has 0 bridgehead atoms. The SMILES string of the molecule is NC(=O)c1cccc(-c2ccccc2-c2cccc(C(N)=O)c2O)c1O. The second kappa shape index (κ2) is 6.60. The van der Waals surface area contributed by atoms with Crippen LogP contribution in [-0.2, 0) is 0 Å². The number of nitrogens with two attached hydrogens (primary N) is 2. The first-order valence-corrected chi connectivity index (χ1v) is 7.75. The van der Waals surface area contributed by atoms with Crippen molar-refractivity contribution in [2.75, 3.05) is 0 Å². The van der Waals surface area contributed by atoms with Gasteiger partial charge >= 0.3 is 0 Å². The predicted octanol–water partition coefficient (Wildman–Crippen LogP) is 2.63. The molecule has 3 aromatic carbocycles. The normalized spacial score (nSPS) is 10.5. The van der Waals surface area contributed by atoms with E-state index in [0.717, 1.165) is 0 Å². The molecule has 3 rings (SSSR count). The van der Waals surface area contributed by atoms with Gasteiger partial charge in [-0.2, -0.15) is 0 Å². The Kier molecular flexibility index (Phi) is 4.33. The molecule has 3 aromatic rings. The van der Waals surface area contributed by atoms with Gasteiger partial charge in [-0.1, -0.05) is 48.5 Å². The van der Waals surface area contributed by atoms with E-state index < -0.39 is 11.8 Å². The quantitative estimate of drug-likeness (QED) is 0.578. The summed E-state index contributed by atoms with van der Waals surface area (Å²) in [5.41, 5.74) is 12.5. The average Bonchev–Trinajstić information content (AvgIpc) is 2.62. The van der Waals surface area contributed by atoms with Crippen LogP contribution >= 0.6 is 0 Å². The maximum Gasteiger partial charge on any atom is 0.252 e. The summed E-state index contributed by atoms with van der Waals surface area (Å²) < 4.78 is 0. The van der Waals surface area contributed by atoms with Gasteiger partial charge < -0.3 is 21.7 Å². The minimum atomic E-state index is -0.750. The molecule has 0 atom stereocenters. The molecule has 6 N–H and O–H groups in total. The number of primary amides is 2. The smallest absolute Gasteiger partial charge is 0.252 e. The van der Waals surface area contributed by atoms with E-state index in [9.17, 15) is 19.8 Å². The fraction of sp³-hybridized carbons (Fsp3) is 0. The largest absolute Gasteiger partial charge is 0.506 e. The number of phenols is 2. The van der Waals surface area contributed by atoms with Crippen LogP contribution in [0, 0.1) is 0 Å². The van der Waals surface area contributed by atoms with Crippen molar-refractivity contribution < 1.29 is 19.8 Å². The van der Waals surface area contributed by atoms with Gasteiger partial charge in [0, 0.05) is 11.1 Å². The third-order valence-corrected chi connectivity index (χ3v) is 4.11. The number of hydrogen-bond donors (Lipinski definition) is 4. The first kappa shape index (κ1) is 17.0. The molecule has 0 unspecified atom stereocenters. The molecular formula is C20H16N2O4. The fourth-order valence-electron chi connectivity index (χ4n) is 2.87. The summed E-state index contributed by atoms with van der Waals surface area (Å²) in [4.78, 5) is 23.0. The summed E-state index contributed by atoms with van der Waals surface area (Å²) >= 11 is 0. The zero-order valence-corrected chi connectivity index (χ0v) is 13.6. The molecule has 0 aliphatic heterocycles. The molecule has 0 heterocycles. The summed E-state index contributed by atoms with van der Waals surface area (Å²) in [6.07, 6.45) is 0. The highest BCUT2D eigenvalue weighted by Crippen LogP contribution is 2.41. The van der Waals surface area contributed by atoms with Gasteiger partial charge in [-0.15, -0.1) is 0 Å². The van der Waals surface area contributed by atoms with E-state index in [0.29, 0.717) is 22.3 Å². The van der Waals surface area contributed by atoms with Gasteiger partial charge in [-0.05, 0) is 23.3 Å². The van der Waals surface area contributed by atoms with Gasteiger partial charge in [-0.3, -0.25) is 9.59 Å². The van der Waals surface area contributed by atoms with E-state index in [2.05, 4.69) is 0 Å². The van der Waals surface area contributed by atoms with Gasteiger partial charge in [0.1, 0.15) is 11.5 Å². The number of rotatable bonds is 4. The third kappa shape index (κ3) is 2.84. The van der Waals surface area contributed by atoms with Gasteiger partial charge in [0.25, 0.3) is 11.8 Å². The van der Waals surface area contributed by atoms with Crippen molar-refractivity contribution in [2.24, 2.45) is 11.5 Å². The zero-order valence-electron chi connectivity index (χ0n) is 13.6. The maximum absolute atomic E-state index is 11.5. The molecule has 6 nitrogen and oxygen atoms in total. The molecule has 2 amide bonds. The van der Waals surface area contributed by atoms with Crippen LogP contribution in [0.2, 0.25) is 0 Å². The highest BCUT2D eigenvalue weighted by molar-refractivity contribution is 6.01. The summed E-state index contributed by atoms with van der Waals surface area (Å²) in [6, 6.07) is 16.3. The van der Waals surface area contributed by atoms with Crippen molar-refractivity contribution in [2.45, 2.75) is 0 Å². The highest BCUT2D eigenvalue weighted by atomic mass is 16.3. The molecule has 0 fully saturated rings. The fourth-order valence-corrected chi connectivity index (χ4v) is 2.87. The Labute approximate surface area is 149 Å². The number of amides is 2. The Balaban J connectivity index is 2.27. The van der Waals surface area contributed by atoms with Crippen LogP contribution in [0.15, 0.2) is 60.7 Å². The van der Waals surface area contributed by atoms with Crippen LogP contribution in [0.4, 0.5) is 0 Å². The van der Waals surface area contributed by atoms with Crippen LogP contribution in [0.1, 0.15) is 20.7 Å². The Morgan fingerprint density at radius 1 is 0.577 bits per heavy atom. The standard InChI is InChI=1S/C20H16N2O4/c21-19(25)15-9-3-7-13(17(15)23)11-5-1-2-6-12(11)14-8-4-10-16(18(14)24)20(22)26/h1-10,23-24H,(H2,21,25)(H2,22,26). The Morgan fingerprint density at radius 2 is 0.923 bits per heavy atom. The zero-order chi connectivity index (χ0) is 18.8. The van der Waals surface area contributed by atoms with E-state index in [-0.39, 0.29) is 22.6 Å². The van der Waals surface area contributed by atoms with Gasteiger partial charge in [0.15, 0.2) is 0 Å². The number of para-hydroxylation sites is 2. The minimum absolute atomic E-state index is 0.00703. The van der Waals surface area contributed by atoms with Crippen LogP contribution in [0.25, 0.3) is 22.3 Å². The van der Waals surface area contributed by atoms with Crippen molar-refractivity contribution in [3.8, 4) is 33.8 Å². The molecule has 0 saturated carbocycles. The Morgan fingerprint density at radius 3 is 1.27 bits per heavy atom. The van der Waals surface area contributed by atoms with Crippen LogP contribution in [-0.4, -0.2) is 22.0 Å². The number of hydrogen-bond acceptors (Lipinski definition) is 4. The lowest BCUT2D eigenvalue weighted by molar-refractivity contribution is 0.0989. The van der Waals surface area contributed by atoms with Crippen molar-refractivity contribution >= 4 is 11.8 Å². The van der Waals surface area contributed by atoms with Crippen LogP contribution in [0.3, 0.4) is 0 Å². The van der Waals surface area contributed by atoms with Crippen molar-refractivity contribution in [1.29, 1.82) is 0 Å². The Bertz CT molecular complexity index is 946. The van der Waals surface area contributed by atoms with Gasteiger partial charge in [-0.25, -0.2) is 0 Å². The van der Waals surface area contributed by atoms with Gasteiger partial charge in [0.05, 0.1) is 11.1 Å². The molecule has 130 valence electrons. The minimum Gasteiger partial charge on any atom is -0.506 e. The molecule has 0 aromatic heterocycles. The second-order valence-electron chi connectivity index (χ2n) is 5.68. The lowest BCUT2D eigenvalue weighted by atomic mass is 9.91. The van der Waals surface area contributed by atoms with E-state index in [4.69, 9.17) is 11.5 Å². The van der Waals surface area contributed by atoms with E-state index >= 15 is 0 Å². The summed E-state index contributed by atoms with van der Waals surface area (Å²) in [5, 5.41) is 20.9. The second-order valence-corrected chi connectivity index (χ2v) is 5.68. The average molecular weight is 348 g/mol. The van der Waals surface area contributed by atoms with Gasteiger partial charge in [0.2, 0.25) is 0 Å². The monoisotopic (exact) mass is 348 g/mol. The summed E-state index contributed by atoms with van der Waals surface area (Å²) in [6.45, 7) is 0. The maximum atomic E-state index is 11.5. The summed E-state index contributed by atoms with van der Waals surface area (Å²) in [5.74, 6) is -2.00. The highest BCUT2D eigenvalue weighted by Gasteiger charge is 2.19. The number of aromatic hydroxyl groups is 2. The number of benzene rings is 3. The molecular weight excluding hydrogens is 332 g/mol. The van der Waals surface area contributed by atoms with E-state index in [1.807, 2.05) is 0 Å². The molecule has 0 spiro atoms. The first-order valence-electron chi connectivity index (χ1n) is 7.75. The molecule has 6 heteroatoms. The molecule has 0 saturated heterocycles. The first-order chi connectivity index (χ1) is 12.4. The molecule has 26 heavy (non-hydrogen) atoms. The topological polar surface area (TPSA) is 127 Å². The predicted molar refractivity (Wildman–Crippen MR) is 97.7 cm³/mol. The molecule has 0 radical (unpaired) electrons. The Hall–Kier alpha value is -3.80. The lowest BCUT2D eigenvalue weighted by Crippen LogP contribution is -2.11. The van der Waals surface area contributed by atoms with Crippen LogP contribution in [0.5, 0.6) is 11.5 Å². The molecule has 0 aliphatic rings. The van der Waals surface area contributed by atoms with Crippen molar-refractivity contribution in [3.63, 3.8) is 0 Å². The number of carbonyl (C=O) groups is 2. The van der Waals surface area contributed by atoms with E-state index in [1.165, 1.54) is 12.1 Å². The van der Waals surface area contributed by atoms with E-state index in [1.54, 1.807) is 48.5 Å².